The van der Waals surface area contributed by atoms with Gasteiger partial charge in [-0.15, -0.1) is 0 Å². The molecule has 4 N–H and O–H groups in total. The number of carboxylic acid groups (broad SMARTS) is 1. The molecule has 0 aromatic carbocycles. The molecule has 0 aliphatic heterocycles. The van der Waals surface area contributed by atoms with E-state index in [0.29, 0.717) is 0 Å². The fourth-order valence-corrected chi connectivity index (χ4v) is 0.123. The highest BCUT2D eigenvalue weighted by atomic mass is 16.4. The minimum atomic E-state index is -1.04. The van der Waals surface area contributed by atoms with Crippen LogP contribution in [0.1, 0.15) is 0 Å². The van der Waals surface area contributed by atoms with Crippen molar-refractivity contribution in [3.05, 3.63) is 0 Å². The Bertz CT molecular complexity index is 73.3. The van der Waals surface area contributed by atoms with Crippen molar-refractivity contribution in [3.63, 3.8) is 0 Å². The predicted octanol–water partition coefficient (Wildman–Crippen LogP) is -1.42. The summed E-state index contributed by atoms with van der Waals surface area (Å²) in [6, 6.07) is 0. The maximum atomic E-state index is 9.74. The lowest BCUT2D eigenvalue weighted by atomic mass is 10.5. The van der Waals surface area contributed by atoms with Gasteiger partial charge in [0.2, 0.25) is 0 Å². The van der Waals surface area contributed by atoms with Crippen molar-refractivity contribution in [2.24, 2.45) is 5.73 Å². The molecule has 0 rings (SSSR count). The Hall–Kier alpha value is -0.610. The minimum Gasteiger partial charge on any atom is -0.479 e. The molecule has 0 aliphatic carbocycles. The number of rotatable bonds is 2. The van der Waals surface area contributed by atoms with Crippen molar-refractivity contribution in [2.45, 2.75) is 6.17 Å². The predicted molar refractivity (Wildman–Crippen MR) is 24.7 cm³/mol. The lowest BCUT2D eigenvalue weighted by Crippen LogP contribution is -2.41. The van der Waals surface area contributed by atoms with Crippen LogP contribution in [-0.4, -0.2) is 24.3 Å². The van der Waals surface area contributed by atoms with Gasteiger partial charge in [0.25, 0.3) is 0 Å². The van der Waals surface area contributed by atoms with Gasteiger partial charge in [-0.1, -0.05) is 0 Å². The summed E-state index contributed by atoms with van der Waals surface area (Å²) in [5.41, 5.74) is 4.91. The average molecular weight is 104 g/mol. The molecule has 0 heterocycles. The molecule has 0 aromatic rings. The Balaban J connectivity index is 3.34. The van der Waals surface area contributed by atoms with Gasteiger partial charge in [0.15, 0.2) is 6.17 Å². The van der Waals surface area contributed by atoms with Crippen LogP contribution in [0.5, 0.6) is 0 Å². The molecule has 0 fully saturated rings. The van der Waals surface area contributed by atoms with Crippen molar-refractivity contribution in [2.75, 3.05) is 7.05 Å². The zero-order valence-corrected chi connectivity index (χ0v) is 4.01. The summed E-state index contributed by atoms with van der Waals surface area (Å²) in [4.78, 5) is 9.74. The second kappa shape index (κ2) is 2.54. The van der Waals surface area contributed by atoms with Crippen molar-refractivity contribution < 1.29 is 9.90 Å². The number of hydrogen-bond acceptors (Lipinski definition) is 3. The maximum absolute atomic E-state index is 9.74. The summed E-state index contributed by atoms with van der Waals surface area (Å²) < 4.78 is 0. The lowest BCUT2D eigenvalue weighted by molar-refractivity contribution is -0.139. The number of carbonyl (C=O) groups is 1. The third-order valence-electron chi connectivity index (χ3n) is 0.577. The van der Waals surface area contributed by atoms with Gasteiger partial charge >= 0.3 is 5.97 Å². The topological polar surface area (TPSA) is 75.3 Å². The molecule has 0 saturated heterocycles. The van der Waals surface area contributed by atoms with E-state index in [1.54, 1.807) is 0 Å². The first-order valence-corrected chi connectivity index (χ1v) is 1.84. The quantitative estimate of drug-likeness (QED) is 0.376. The van der Waals surface area contributed by atoms with Crippen LogP contribution < -0.4 is 11.1 Å². The van der Waals surface area contributed by atoms with Gasteiger partial charge in [0.05, 0.1) is 0 Å². The summed E-state index contributed by atoms with van der Waals surface area (Å²) in [5, 5.41) is 10.3. The molecule has 1 unspecified atom stereocenters. The molecule has 0 amide bonds. The van der Waals surface area contributed by atoms with Gasteiger partial charge in [-0.05, 0) is 7.05 Å². The van der Waals surface area contributed by atoms with Gasteiger partial charge in [-0.3, -0.25) is 5.32 Å². The normalized spacial score (nSPS) is 13.4. The van der Waals surface area contributed by atoms with E-state index < -0.39 is 12.1 Å². The van der Waals surface area contributed by atoms with Crippen molar-refractivity contribution >= 4 is 5.97 Å². The van der Waals surface area contributed by atoms with Crippen molar-refractivity contribution in [1.29, 1.82) is 0 Å². The van der Waals surface area contributed by atoms with E-state index >= 15 is 0 Å². The molecule has 0 radical (unpaired) electrons. The summed E-state index contributed by atoms with van der Waals surface area (Å²) >= 11 is 0. The number of hydrogen-bond donors (Lipinski definition) is 3. The Labute approximate surface area is 41.3 Å². The monoisotopic (exact) mass is 104 g/mol. The third-order valence-corrected chi connectivity index (χ3v) is 0.577. The number of nitrogens with two attached hydrogens (primary N) is 1. The van der Waals surface area contributed by atoms with E-state index in [-0.39, 0.29) is 0 Å². The van der Waals surface area contributed by atoms with Crippen molar-refractivity contribution in [3.8, 4) is 0 Å². The molecule has 0 spiro atoms. The first-order chi connectivity index (χ1) is 3.18. The third kappa shape index (κ3) is 2.13. The summed E-state index contributed by atoms with van der Waals surface area (Å²) in [6.45, 7) is 0. The first-order valence-electron chi connectivity index (χ1n) is 1.84. The number of aliphatic carboxylic acids is 1. The molecule has 0 bridgehead atoms. The molecule has 4 heteroatoms. The van der Waals surface area contributed by atoms with Gasteiger partial charge in [0, 0.05) is 0 Å². The van der Waals surface area contributed by atoms with Gasteiger partial charge in [0.1, 0.15) is 0 Å². The van der Waals surface area contributed by atoms with Gasteiger partial charge in [-0.25, -0.2) is 4.79 Å². The number of likely N-dealkylation sites (N-methyl/N-ethyl adjacent to an activating group) is 1. The second-order valence-electron chi connectivity index (χ2n) is 1.10. The molecule has 1 atom stereocenters. The lowest BCUT2D eigenvalue weighted by Gasteiger charge is -1.99. The molecular weight excluding hydrogens is 96.0 g/mol. The molecule has 0 aromatic heterocycles. The maximum Gasteiger partial charge on any atom is 0.335 e. The van der Waals surface area contributed by atoms with Crippen LogP contribution in [0.25, 0.3) is 0 Å². The van der Waals surface area contributed by atoms with E-state index in [9.17, 15) is 4.79 Å². The SMILES string of the molecule is CNC(N)C(=O)O. The van der Waals surface area contributed by atoms with E-state index in [2.05, 4.69) is 5.32 Å². The fourth-order valence-electron chi connectivity index (χ4n) is 0.123. The second-order valence-corrected chi connectivity index (χ2v) is 1.10. The molecular formula is C3H8N2O2. The molecule has 0 aliphatic rings. The Morgan fingerprint density at radius 1 is 2.00 bits per heavy atom. The van der Waals surface area contributed by atoms with Crippen LogP contribution in [-0.2, 0) is 4.79 Å². The van der Waals surface area contributed by atoms with Crippen LogP contribution in [0.4, 0.5) is 0 Å². The van der Waals surface area contributed by atoms with Crippen LogP contribution in [0.3, 0.4) is 0 Å². The Kier molecular flexibility index (Phi) is 2.32. The molecule has 7 heavy (non-hydrogen) atoms. The van der Waals surface area contributed by atoms with Gasteiger partial charge < -0.3 is 10.8 Å². The highest BCUT2D eigenvalue weighted by molar-refractivity contribution is 5.72. The smallest absolute Gasteiger partial charge is 0.335 e. The standard InChI is InChI=1S/C3H8N2O2/c1-5-2(4)3(6)7/h2,5H,4H2,1H3,(H,6,7). The fraction of sp³-hybridized carbons (Fsp3) is 0.667. The van der Waals surface area contributed by atoms with Crippen LogP contribution in [0.15, 0.2) is 0 Å². The van der Waals surface area contributed by atoms with E-state index in [1.807, 2.05) is 0 Å². The summed E-state index contributed by atoms with van der Waals surface area (Å²) in [5.74, 6) is -1.04. The van der Waals surface area contributed by atoms with Crippen LogP contribution in [0.2, 0.25) is 0 Å². The Morgan fingerprint density at radius 2 is 2.43 bits per heavy atom. The highest BCUT2D eigenvalue weighted by Crippen LogP contribution is 1.63. The summed E-state index contributed by atoms with van der Waals surface area (Å²) in [6.07, 6.45) is -0.931. The zero-order valence-electron chi connectivity index (χ0n) is 4.01. The molecule has 0 saturated carbocycles. The largest absolute Gasteiger partial charge is 0.479 e. The number of carboxylic acids is 1. The Morgan fingerprint density at radius 3 is 2.43 bits per heavy atom. The average Bonchev–Trinajstić information content (AvgIpc) is 1.65. The zero-order chi connectivity index (χ0) is 5.86. The minimum absolute atomic E-state index is 0.931. The first kappa shape index (κ1) is 6.39. The van der Waals surface area contributed by atoms with Crippen molar-refractivity contribution in [1.82, 2.24) is 5.32 Å². The van der Waals surface area contributed by atoms with Crippen LogP contribution in [0, 0.1) is 0 Å². The van der Waals surface area contributed by atoms with E-state index in [0.717, 1.165) is 0 Å². The van der Waals surface area contributed by atoms with Gasteiger partial charge in [-0.2, -0.15) is 0 Å². The van der Waals surface area contributed by atoms with E-state index in [4.69, 9.17) is 10.8 Å². The molecule has 4 nitrogen and oxygen atoms in total. The van der Waals surface area contributed by atoms with E-state index in [1.165, 1.54) is 7.05 Å². The molecule has 42 valence electrons. The van der Waals surface area contributed by atoms with Crippen LogP contribution >= 0.6 is 0 Å². The highest BCUT2D eigenvalue weighted by Gasteiger charge is 2.04. The summed E-state index contributed by atoms with van der Waals surface area (Å²) in [7, 11) is 1.48. The number of nitrogens with one attached hydrogen (secondary N) is 1.